The van der Waals surface area contributed by atoms with E-state index >= 15 is 0 Å². The van der Waals surface area contributed by atoms with Crippen molar-refractivity contribution in [2.75, 3.05) is 13.2 Å². The molecular formula is C24H26N4O3. The molecule has 1 fully saturated rings. The molecule has 31 heavy (non-hydrogen) atoms. The number of rotatable bonds is 8. The van der Waals surface area contributed by atoms with Crippen LogP contribution >= 0.6 is 0 Å². The molecule has 1 aliphatic heterocycles. The third-order valence-electron chi connectivity index (χ3n) is 5.41. The Bertz CT molecular complexity index is 915. The Morgan fingerprint density at radius 1 is 0.968 bits per heavy atom. The molecule has 1 amide bonds. The second-order valence-electron chi connectivity index (χ2n) is 7.55. The maximum Gasteiger partial charge on any atom is 0.251 e. The lowest BCUT2D eigenvalue weighted by Crippen LogP contribution is -2.46. The van der Waals surface area contributed by atoms with Crippen LogP contribution < -0.4 is 5.32 Å². The maximum atomic E-state index is 12.3. The van der Waals surface area contributed by atoms with Crippen molar-refractivity contribution in [3.05, 3.63) is 96.1 Å². The molecular weight excluding hydrogens is 392 g/mol. The second-order valence-corrected chi connectivity index (χ2v) is 7.55. The third kappa shape index (κ3) is 5.52. The summed E-state index contributed by atoms with van der Waals surface area (Å²) in [6, 6.07) is 20.4. The molecule has 1 aromatic carbocycles. The number of carbonyl (C=O) groups is 1. The maximum absolute atomic E-state index is 12.3. The zero-order valence-electron chi connectivity index (χ0n) is 17.2. The summed E-state index contributed by atoms with van der Waals surface area (Å²) in [5.74, 6) is -0.182. The van der Waals surface area contributed by atoms with Gasteiger partial charge >= 0.3 is 0 Å². The SMILES string of the molecule is O=C(NCC1OCC(N(Cc2ccccn2)Cc2ccccn2)C1O)c1ccccc1. The van der Waals surface area contributed by atoms with E-state index in [2.05, 4.69) is 20.2 Å². The highest BCUT2D eigenvalue weighted by Gasteiger charge is 2.39. The summed E-state index contributed by atoms with van der Waals surface area (Å²) in [7, 11) is 0. The first-order chi connectivity index (χ1) is 15.2. The van der Waals surface area contributed by atoms with Crippen molar-refractivity contribution in [2.45, 2.75) is 31.3 Å². The summed E-state index contributed by atoms with van der Waals surface area (Å²) in [6.07, 6.45) is 2.30. The van der Waals surface area contributed by atoms with Crippen molar-refractivity contribution in [3.63, 3.8) is 0 Å². The van der Waals surface area contributed by atoms with Crippen LogP contribution in [0.25, 0.3) is 0 Å². The molecule has 4 rings (SSSR count). The summed E-state index contributed by atoms with van der Waals surface area (Å²) in [5.41, 5.74) is 2.40. The minimum Gasteiger partial charge on any atom is -0.389 e. The van der Waals surface area contributed by atoms with Crippen LogP contribution in [0.1, 0.15) is 21.7 Å². The summed E-state index contributed by atoms with van der Waals surface area (Å²) in [5, 5.41) is 13.9. The molecule has 0 aliphatic carbocycles. The first-order valence-electron chi connectivity index (χ1n) is 10.4. The van der Waals surface area contributed by atoms with Crippen molar-refractivity contribution in [1.29, 1.82) is 0 Å². The normalized spacial score (nSPS) is 20.6. The van der Waals surface area contributed by atoms with E-state index in [9.17, 15) is 9.90 Å². The standard InChI is InChI=1S/C24H26N4O3/c29-23-21(17-31-22(23)14-27-24(30)18-8-2-1-3-9-18)28(15-19-10-4-6-12-25-19)16-20-11-5-7-13-26-20/h1-13,21-23,29H,14-17H2,(H,27,30). The Morgan fingerprint density at radius 2 is 1.58 bits per heavy atom. The van der Waals surface area contributed by atoms with Crippen LogP contribution in [0.5, 0.6) is 0 Å². The largest absolute Gasteiger partial charge is 0.389 e. The number of nitrogens with one attached hydrogen (secondary N) is 1. The number of pyridine rings is 2. The Kier molecular flexibility index (Phi) is 6.99. The molecule has 3 atom stereocenters. The van der Waals surface area contributed by atoms with E-state index in [1.165, 1.54) is 0 Å². The highest BCUT2D eigenvalue weighted by molar-refractivity contribution is 5.94. The van der Waals surface area contributed by atoms with Crippen molar-refractivity contribution >= 4 is 5.91 Å². The Balaban J connectivity index is 1.42. The Morgan fingerprint density at radius 3 is 2.16 bits per heavy atom. The Hall–Kier alpha value is -3.13. The molecule has 3 unspecified atom stereocenters. The second kappa shape index (κ2) is 10.3. The van der Waals surface area contributed by atoms with Crippen LogP contribution in [-0.4, -0.2) is 57.3 Å². The minimum atomic E-state index is -0.747. The fraction of sp³-hybridized carbons (Fsp3) is 0.292. The zero-order valence-corrected chi connectivity index (χ0v) is 17.2. The number of amides is 1. The van der Waals surface area contributed by atoms with E-state index in [0.29, 0.717) is 25.3 Å². The molecule has 0 saturated carbocycles. The van der Waals surface area contributed by atoms with Crippen molar-refractivity contribution < 1.29 is 14.6 Å². The summed E-state index contributed by atoms with van der Waals surface area (Å²) >= 11 is 0. The van der Waals surface area contributed by atoms with Crippen LogP contribution in [0.2, 0.25) is 0 Å². The van der Waals surface area contributed by atoms with Gasteiger partial charge in [0, 0.05) is 37.6 Å². The van der Waals surface area contributed by atoms with Crippen LogP contribution in [0, 0.1) is 0 Å². The third-order valence-corrected chi connectivity index (χ3v) is 5.41. The van der Waals surface area contributed by atoms with E-state index < -0.39 is 12.2 Å². The topological polar surface area (TPSA) is 87.6 Å². The fourth-order valence-corrected chi connectivity index (χ4v) is 3.74. The van der Waals surface area contributed by atoms with Gasteiger partial charge in [0.1, 0.15) is 6.10 Å². The average Bonchev–Trinajstić information content (AvgIpc) is 3.19. The lowest BCUT2D eigenvalue weighted by molar-refractivity contribution is 0.0296. The van der Waals surface area contributed by atoms with Crippen LogP contribution in [0.4, 0.5) is 0 Å². The molecule has 3 aromatic rings. The number of aliphatic hydroxyl groups is 1. The molecule has 0 bridgehead atoms. The van der Waals surface area contributed by atoms with Gasteiger partial charge < -0.3 is 15.2 Å². The van der Waals surface area contributed by atoms with Crippen LogP contribution in [-0.2, 0) is 17.8 Å². The number of carbonyl (C=O) groups excluding carboxylic acids is 1. The van der Waals surface area contributed by atoms with Gasteiger partial charge in [-0.1, -0.05) is 30.3 Å². The van der Waals surface area contributed by atoms with E-state index in [0.717, 1.165) is 11.4 Å². The van der Waals surface area contributed by atoms with Crippen molar-refractivity contribution in [2.24, 2.45) is 0 Å². The number of ether oxygens (including phenoxy) is 1. The Labute approximate surface area is 181 Å². The number of benzene rings is 1. The summed E-state index contributed by atoms with van der Waals surface area (Å²) < 4.78 is 5.87. The summed E-state index contributed by atoms with van der Waals surface area (Å²) in [6.45, 7) is 1.73. The van der Waals surface area contributed by atoms with Crippen molar-refractivity contribution in [1.82, 2.24) is 20.2 Å². The molecule has 3 heterocycles. The molecule has 2 aromatic heterocycles. The van der Waals surface area contributed by atoms with Gasteiger partial charge in [-0.2, -0.15) is 0 Å². The first-order valence-corrected chi connectivity index (χ1v) is 10.4. The lowest BCUT2D eigenvalue weighted by Gasteiger charge is -2.30. The highest BCUT2D eigenvalue weighted by Crippen LogP contribution is 2.23. The fourth-order valence-electron chi connectivity index (χ4n) is 3.74. The van der Waals surface area contributed by atoms with Crippen molar-refractivity contribution in [3.8, 4) is 0 Å². The minimum absolute atomic E-state index is 0.182. The van der Waals surface area contributed by atoms with Gasteiger partial charge in [0.05, 0.1) is 30.1 Å². The van der Waals surface area contributed by atoms with Gasteiger partial charge in [-0.3, -0.25) is 19.7 Å². The first kappa shape index (κ1) is 21.1. The number of aromatic nitrogens is 2. The van der Waals surface area contributed by atoms with Gasteiger partial charge in [-0.05, 0) is 36.4 Å². The van der Waals surface area contributed by atoms with E-state index in [4.69, 9.17) is 4.74 Å². The number of hydrogen-bond donors (Lipinski definition) is 2. The molecule has 0 spiro atoms. The van der Waals surface area contributed by atoms with E-state index in [1.807, 2.05) is 54.6 Å². The van der Waals surface area contributed by atoms with Gasteiger partial charge in [-0.15, -0.1) is 0 Å². The smallest absolute Gasteiger partial charge is 0.251 e. The molecule has 7 nitrogen and oxygen atoms in total. The van der Waals surface area contributed by atoms with Gasteiger partial charge in [0.15, 0.2) is 0 Å². The van der Waals surface area contributed by atoms with E-state index in [-0.39, 0.29) is 18.5 Å². The highest BCUT2D eigenvalue weighted by atomic mass is 16.5. The predicted octanol–water partition coefficient (Wildman–Crippen LogP) is 2.04. The zero-order chi connectivity index (χ0) is 21.5. The monoisotopic (exact) mass is 418 g/mol. The summed E-state index contributed by atoms with van der Waals surface area (Å²) in [4.78, 5) is 23.3. The van der Waals surface area contributed by atoms with Gasteiger partial charge in [0.25, 0.3) is 5.91 Å². The average molecular weight is 418 g/mol. The van der Waals surface area contributed by atoms with Crippen LogP contribution in [0.15, 0.2) is 79.1 Å². The molecule has 2 N–H and O–H groups in total. The molecule has 1 aliphatic rings. The number of nitrogens with zero attached hydrogens (tertiary/aromatic N) is 3. The van der Waals surface area contributed by atoms with E-state index in [1.54, 1.807) is 24.5 Å². The molecule has 0 radical (unpaired) electrons. The number of aliphatic hydroxyl groups excluding tert-OH is 1. The molecule has 160 valence electrons. The molecule has 7 heteroatoms. The quantitative estimate of drug-likeness (QED) is 0.582. The van der Waals surface area contributed by atoms with Gasteiger partial charge in [0.2, 0.25) is 0 Å². The van der Waals surface area contributed by atoms with Gasteiger partial charge in [-0.25, -0.2) is 0 Å². The molecule has 1 saturated heterocycles. The van der Waals surface area contributed by atoms with Crippen LogP contribution in [0.3, 0.4) is 0 Å². The number of hydrogen-bond acceptors (Lipinski definition) is 6. The predicted molar refractivity (Wildman–Crippen MR) is 116 cm³/mol. The lowest BCUT2D eigenvalue weighted by atomic mass is 10.1.